The van der Waals surface area contributed by atoms with Gasteiger partial charge in [0, 0.05) is 11.1 Å². The number of piperazine rings is 1. The van der Waals surface area contributed by atoms with Gasteiger partial charge in [-0.05, 0) is 11.8 Å². The van der Waals surface area contributed by atoms with Crippen molar-refractivity contribution < 1.29 is 9.59 Å². The van der Waals surface area contributed by atoms with E-state index in [1.807, 2.05) is 27.7 Å². The van der Waals surface area contributed by atoms with Crippen LogP contribution in [-0.2, 0) is 16.1 Å². The highest BCUT2D eigenvalue weighted by Gasteiger charge is 2.44. The van der Waals surface area contributed by atoms with Crippen LogP contribution in [0.15, 0.2) is 11.7 Å². The lowest BCUT2D eigenvalue weighted by Crippen LogP contribution is -2.66. The second-order valence-electron chi connectivity index (χ2n) is 6.55. The SMILES string of the molecule is CCCC1C(=O)NC(C(C)(C)C)C(=O)N1Cc1cncs1. The molecular formula is C15H23N3O2S. The van der Waals surface area contributed by atoms with Crippen LogP contribution < -0.4 is 5.32 Å². The Balaban J connectivity index is 2.28. The van der Waals surface area contributed by atoms with Gasteiger partial charge in [-0.15, -0.1) is 11.3 Å². The molecule has 6 heteroatoms. The van der Waals surface area contributed by atoms with Crippen LogP contribution in [0.4, 0.5) is 0 Å². The lowest BCUT2D eigenvalue weighted by molar-refractivity contribution is -0.153. The average molecular weight is 309 g/mol. The number of carbonyl (C=O) groups excluding carboxylic acids is 2. The fraction of sp³-hybridized carbons (Fsp3) is 0.667. The van der Waals surface area contributed by atoms with Crippen molar-refractivity contribution in [2.75, 3.05) is 0 Å². The van der Waals surface area contributed by atoms with Crippen molar-refractivity contribution >= 4 is 23.2 Å². The van der Waals surface area contributed by atoms with Gasteiger partial charge in [-0.2, -0.15) is 0 Å². The topological polar surface area (TPSA) is 62.3 Å². The van der Waals surface area contributed by atoms with Gasteiger partial charge < -0.3 is 10.2 Å². The van der Waals surface area contributed by atoms with E-state index in [1.165, 1.54) is 11.3 Å². The number of nitrogens with one attached hydrogen (secondary N) is 1. The van der Waals surface area contributed by atoms with Gasteiger partial charge in [0.25, 0.3) is 0 Å². The summed E-state index contributed by atoms with van der Waals surface area (Å²) in [5.74, 6) is -0.0326. The first kappa shape index (κ1) is 15.9. The summed E-state index contributed by atoms with van der Waals surface area (Å²) < 4.78 is 0. The Labute approximate surface area is 129 Å². The van der Waals surface area contributed by atoms with Crippen molar-refractivity contribution in [3.8, 4) is 0 Å². The number of hydrogen-bond donors (Lipinski definition) is 1. The molecule has 1 N–H and O–H groups in total. The maximum atomic E-state index is 12.8. The predicted molar refractivity (Wildman–Crippen MR) is 82.7 cm³/mol. The van der Waals surface area contributed by atoms with Crippen LogP contribution in [0.25, 0.3) is 0 Å². The number of rotatable bonds is 4. The van der Waals surface area contributed by atoms with Crippen molar-refractivity contribution in [1.82, 2.24) is 15.2 Å². The molecular weight excluding hydrogens is 286 g/mol. The number of nitrogens with zero attached hydrogens (tertiary/aromatic N) is 2. The number of hydrogen-bond acceptors (Lipinski definition) is 4. The third-order valence-corrected chi connectivity index (χ3v) is 4.50. The summed E-state index contributed by atoms with van der Waals surface area (Å²) in [6.45, 7) is 8.41. The van der Waals surface area contributed by atoms with Gasteiger partial charge in [0.05, 0.1) is 12.1 Å². The van der Waals surface area contributed by atoms with Crippen LogP contribution in [0.2, 0.25) is 0 Å². The molecule has 1 fully saturated rings. The molecule has 2 unspecified atom stereocenters. The van der Waals surface area contributed by atoms with Gasteiger partial charge in [0.1, 0.15) is 12.1 Å². The fourth-order valence-corrected chi connectivity index (χ4v) is 3.18. The Morgan fingerprint density at radius 2 is 2.10 bits per heavy atom. The zero-order valence-corrected chi connectivity index (χ0v) is 13.9. The maximum Gasteiger partial charge on any atom is 0.246 e. The first-order chi connectivity index (χ1) is 9.84. The minimum atomic E-state index is -0.467. The van der Waals surface area contributed by atoms with Gasteiger partial charge in [-0.3, -0.25) is 14.6 Å². The molecule has 0 spiro atoms. The first-order valence-corrected chi connectivity index (χ1v) is 8.20. The van der Waals surface area contributed by atoms with Gasteiger partial charge >= 0.3 is 0 Å². The molecule has 1 aromatic rings. The van der Waals surface area contributed by atoms with E-state index in [4.69, 9.17) is 0 Å². The van der Waals surface area contributed by atoms with Crippen LogP contribution in [0.1, 0.15) is 45.4 Å². The third kappa shape index (κ3) is 3.43. The summed E-state index contributed by atoms with van der Waals surface area (Å²) >= 11 is 1.51. The normalized spacial score (nSPS) is 23.3. The van der Waals surface area contributed by atoms with Crippen molar-refractivity contribution in [1.29, 1.82) is 0 Å². The maximum absolute atomic E-state index is 12.8. The molecule has 21 heavy (non-hydrogen) atoms. The van der Waals surface area contributed by atoms with E-state index < -0.39 is 6.04 Å². The van der Waals surface area contributed by atoms with Crippen molar-refractivity contribution in [2.24, 2.45) is 5.41 Å². The highest BCUT2D eigenvalue weighted by atomic mass is 32.1. The van der Waals surface area contributed by atoms with E-state index in [0.29, 0.717) is 13.0 Å². The van der Waals surface area contributed by atoms with Crippen LogP contribution in [0.5, 0.6) is 0 Å². The molecule has 1 aliphatic rings. The second kappa shape index (κ2) is 6.13. The lowest BCUT2D eigenvalue weighted by Gasteiger charge is -2.43. The largest absolute Gasteiger partial charge is 0.342 e. The smallest absolute Gasteiger partial charge is 0.246 e. The number of thiazole rings is 1. The molecule has 2 heterocycles. The third-order valence-electron chi connectivity index (χ3n) is 3.73. The van der Waals surface area contributed by atoms with E-state index in [2.05, 4.69) is 10.3 Å². The summed E-state index contributed by atoms with van der Waals surface area (Å²) in [4.78, 5) is 32.0. The van der Waals surface area contributed by atoms with Crippen LogP contribution >= 0.6 is 11.3 Å². The van der Waals surface area contributed by atoms with Gasteiger partial charge in [-0.25, -0.2) is 0 Å². The number of carbonyl (C=O) groups is 2. The van der Waals surface area contributed by atoms with Crippen molar-refractivity contribution in [3.05, 3.63) is 16.6 Å². The van der Waals surface area contributed by atoms with Crippen molar-refractivity contribution in [3.63, 3.8) is 0 Å². The second-order valence-corrected chi connectivity index (χ2v) is 7.52. The van der Waals surface area contributed by atoms with E-state index in [1.54, 1.807) is 16.6 Å². The highest BCUT2D eigenvalue weighted by Crippen LogP contribution is 2.28. The molecule has 0 bridgehead atoms. The predicted octanol–water partition coefficient (Wildman–Crippen LogP) is 2.18. The van der Waals surface area contributed by atoms with Gasteiger partial charge in [-0.1, -0.05) is 34.1 Å². The standard InChI is InChI=1S/C15H23N3O2S/c1-5-6-11-13(19)17-12(15(2,3)4)14(20)18(11)8-10-7-16-9-21-10/h7,9,11-12H,5-6,8H2,1-4H3,(H,17,19). The van der Waals surface area contributed by atoms with Gasteiger partial charge in [0.15, 0.2) is 0 Å². The van der Waals surface area contributed by atoms with Crippen LogP contribution in [0, 0.1) is 5.41 Å². The molecule has 1 aromatic heterocycles. The monoisotopic (exact) mass is 309 g/mol. The molecule has 0 aliphatic carbocycles. The minimum Gasteiger partial charge on any atom is -0.342 e. The van der Waals surface area contributed by atoms with Crippen molar-refractivity contribution in [2.45, 2.75) is 59.2 Å². The van der Waals surface area contributed by atoms with E-state index in [9.17, 15) is 9.59 Å². The Hall–Kier alpha value is -1.43. The molecule has 2 amide bonds. The Bertz CT molecular complexity index is 507. The highest BCUT2D eigenvalue weighted by molar-refractivity contribution is 7.09. The molecule has 0 saturated carbocycles. The van der Waals surface area contributed by atoms with Gasteiger partial charge in [0.2, 0.25) is 11.8 Å². The lowest BCUT2D eigenvalue weighted by atomic mass is 9.83. The van der Waals surface area contributed by atoms with Crippen LogP contribution in [-0.4, -0.2) is 33.8 Å². The molecule has 2 atom stereocenters. The zero-order valence-electron chi connectivity index (χ0n) is 13.0. The number of amides is 2. The Morgan fingerprint density at radius 3 is 2.62 bits per heavy atom. The summed E-state index contributed by atoms with van der Waals surface area (Å²) in [5, 5.41) is 2.91. The van der Waals surface area contributed by atoms with Crippen LogP contribution in [0.3, 0.4) is 0 Å². The van der Waals surface area contributed by atoms with E-state index >= 15 is 0 Å². The molecule has 2 rings (SSSR count). The molecule has 116 valence electrons. The molecule has 0 aromatic carbocycles. The fourth-order valence-electron chi connectivity index (χ4n) is 2.58. The zero-order chi connectivity index (χ0) is 15.6. The van der Waals surface area contributed by atoms with E-state index in [-0.39, 0.29) is 23.3 Å². The summed E-state index contributed by atoms with van der Waals surface area (Å²) in [6.07, 6.45) is 3.32. The Morgan fingerprint density at radius 1 is 1.38 bits per heavy atom. The molecule has 0 radical (unpaired) electrons. The molecule has 5 nitrogen and oxygen atoms in total. The Kier molecular flexibility index (Phi) is 4.66. The average Bonchev–Trinajstić information content (AvgIpc) is 2.89. The summed E-state index contributed by atoms with van der Waals surface area (Å²) in [7, 11) is 0. The molecule has 1 saturated heterocycles. The minimum absolute atomic E-state index is 0.00829. The van der Waals surface area contributed by atoms with E-state index in [0.717, 1.165) is 11.3 Å². The quantitative estimate of drug-likeness (QED) is 0.927. The number of aromatic nitrogens is 1. The summed E-state index contributed by atoms with van der Waals surface area (Å²) in [6, 6.07) is -0.839. The summed E-state index contributed by atoms with van der Waals surface area (Å²) in [5.41, 5.74) is 1.45. The molecule has 1 aliphatic heterocycles. The first-order valence-electron chi connectivity index (χ1n) is 7.32.